The molecule has 0 atom stereocenters. The zero-order valence-electron chi connectivity index (χ0n) is 15.4. The van der Waals surface area contributed by atoms with Gasteiger partial charge in [0.2, 0.25) is 0 Å². The number of benzene rings is 2. The fourth-order valence-electron chi connectivity index (χ4n) is 2.72. The molecule has 1 saturated heterocycles. The summed E-state index contributed by atoms with van der Waals surface area (Å²) in [6.45, 7) is 8.11. The van der Waals surface area contributed by atoms with Crippen molar-refractivity contribution in [2.45, 2.75) is 38.9 Å². The van der Waals surface area contributed by atoms with E-state index < -0.39 is 7.12 Å². The third kappa shape index (κ3) is 3.35. The number of carbonyl (C=O) groups is 1. The average Bonchev–Trinajstić information content (AvgIpc) is 2.82. The summed E-state index contributed by atoms with van der Waals surface area (Å²) < 4.78 is 12.1. The van der Waals surface area contributed by atoms with Crippen LogP contribution in [-0.4, -0.2) is 31.3 Å². The summed E-state index contributed by atoms with van der Waals surface area (Å²) in [6, 6.07) is 17.0. The van der Waals surface area contributed by atoms with Crippen molar-refractivity contribution in [3.63, 3.8) is 0 Å². The first-order valence-electron chi connectivity index (χ1n) is 8.50. The van der Waals surface area contributed by atoms with Crippen LogP contribution in [0.5, 0.6) is 0 Å². The molecule has 0 aliphatic carbocycles. The van der Waals surface area contributed by atoms with Gasteiger partial charge in [0.05, 0.1) is 11.2 Å². The van der Waals surface area contributed by atoms with E-state index >= 15 is 0 Å². The molecule has 25 heavy (non-hydrogen) atoms. The Morgan fingerprint density at radius 2 is 1.40 bits per heavy atom. The highest BCUT2D eigenvalue weighted by Crippen LogP contribution is 2.36. The minimum Gasteiger partial charge on any atom is -0.399 e. The molecular formula is C20H24BNO3. The van der Waals surface area contributed by atoms with E-state index in [4.69, 9.17) is 9.31 Å². The highest BCUT2D eigenvalue weighted by Gasteiger charge is 2.51. The predicted molar refractivity (Wildman–Crippen MR) is 101 cm³/mol. The van der Waals surface area contributed by atoms with E-state index in [0.717, 1.165) is 11.2 Å². The molecule has 0 bridgehead atoms. The second kappa shape index (κ2) is 6.32. The van der Waals surface area contributed by atoms with E-state index in [1.807, 2.05) is 82.3 Å². The maximum absolute atomic E-state index is 12.6. The van der Waals surface area contributed by atoms with Crippen molar-refractivity contribution in [3.8, 4) is 0 Å². The number of nitrogens with zero attached hydrogens (tertiary/aromatic N) is 1. The van der Waals surface area contributed by atoms with Crippen LogP contribution in [0.2, 0.25) is 0 Å². The minimum atomic E-state index is -0.416. The summed E-state index contributed by atoms with van der Waals surface area (Å²) in [5, 5.41) is 0. The highest BCUT2D eigenvalue weighted by molar-refractivity contribution is 6.62. The summed E-state index contributed by atoms with van der Waals surface area (Å²) in [5.74, 6) is -0.0494. The summed E-state index contributed by atoms with van der Waals surface area (Å²) in [5.41, 5.74) is 1.66. The van der Waals surface area contributed by atoms with Gasteiger partial charge >= 0.3 is 7.12 Å². The van der Waals surface area contributed by atoms with Gasteiger partial charge in [0.25, 0.3) is 5.91 Å². The van der Waals surface area contributed by atoms with E-state index in [1.54, 1.807) is 11.9 Å². The molecule has 1 amide bonds. The Labute approximate surface area is 149 Å². The molecule has 1 aliphatic heterocycles. The Kier molecular flexibility index (Phi) is 4.48. The second-order valence-corrected chi connectivity index (χ2v) is 7.41. The zero-order chi connectivity index (χ0) is 18.2. The van der Waals surface area contributed by atoms with Crippen molar-refractivity contribution in [3.05, 3.63) is 60.2 Å². The van der Waals surface area contributed by atoms with Crippen molar-refractivity contribution in [1.82, 2.24) is 0 Å². The van der Waals surface area contributed by atoms with Gasteiger partial charge in [0, 0.05) is 18.3 Å². The van der Waals surface area contributed by atoms with Crippen LogP contribution in [0, 0.1) is 0 Å². The normalized spacial score (nSPS) is 18.2. The molecule has 0 radical (unpaired) electrons. The zero-order valence-corrected chi connectivity index (χ0v) is 15.4. The lowest BCUT2D eigenvalue weighted by molar-refractivity contribution is 0.00578. The van der Waals surface area contributed by atoms with Crippen LogP contribution in [0.1, 0.15) is 38.1 Å². The van der Waals surface area contributed by atoms with Gasteiger partial charge in [-0.05, 0) is 57.4 Å². The topological polar surface area (TPSA) is 38.8 Å². The van der Waals surface area contributed by atoms with Crippen LogP contribution in [-0.2, 0) is 9.31 Å². The summed E-state index contributed by atoms with van der Waals surface area (Å²) >= 11 is 0. The van der Waals surface area contributed by atoms with Crippen molar-refractivity contribution in [2.75, 3.05) is 11.9 Å². The summed E-state index contributed by atoms with van der Waals surface area (Å²) in [6.07, 6.45) is 0. The molecular weight excluding hydrogens is 313 g/mol. The van der Waals surface area contributed by atoms with Crippen molar-refractivity contribution in [2.24, 2.45) is 0 Å². The van der Waals surface area contributed by atoms with Crippen molar-refractivity contribution in [1.29, 1.82) is 0 Å². The summed E-state index contributed by atoms with van der Waals surface area (Å²) in [4.78, 5) is 14.3. The van der Waals surface area contributed by atoms with Crippen LogP contribution in [0.25, 0.3) is 0 Å². The van der Waals surface area contributed by atoms with E-state index in [2.05, 4.69) is 0 Å². The Morgan fingerprint density at radius 1 is 0.880 bits per heavy atom. The lowest BCUT2D eigenvalue weighted by atomic mass is 9.79. The van der Waals surface area contributed by atoms with Gasteiger partial charge in [0.1, 0.15) is 0 Å². The molecule has 1 aliphatic rings. The Balaban J connectivity index is 1.76. The summed E-state index contributed by atoms with van der Waals surface area (Å²) in [7, 11) is 1.36. The maximum Gasteiger partial charge on any atom is 0.494 e. The molecule has 0 saturated carbocycles. The monoisotopic (exact) mass is 337 g/mol. The predicted octanol–water partition coefficient (Wildman–Crippen LogP) is 3.26. The van der Waals surface area contributed by atoms with Gasteiger partial charge in [-0.2, -0.15) is 0 Å². The molecule has 1 heterocycles. The highest BCUT2D eigenvalue weighted by atomic mass is 16.7. The number of hydrogen-bond donors (Lipinski definition) is 0. The molecule has 0 unspecified atom stereocenters. The number of rotatable bonds is 3. The Bertz CT molecular complexity index is 740. The van der Waals surface area contributed by atoms with Crippen LogP contribution in [0.3, 0.4) is 0 Å². The molecule has 3 rings (SSSR count). The fraction of sp³-hybridized carbons (Fsp3) is 0.350. The quantitative estimate of drug-likeness (QED) is 0.807. The smallest absolute Gasteiger partial charge is 0.399 e. The molecule has 0 N–H and O–H groups in total. The largest absolute Gasteiger partial charge is 0.494 e. The standard InChI is InChI=1S/C20H24BNO3/c1-19(2)20(3,4)25-21(24-19)16-13-11-15(12-14-16)18(23)22(5)17-9-7-6-8-10-17/h6-14H,1-5H3. The lowest BCUT2D eigenvalue weighted by Crippen LogP contribution is -2.41. The molecule has 2 aromatic rings. The molecule has 2 aromatic carbocycles. The molecule has 4 nitrogen and oxygen atoms in total. The van der Waals surface area contributed by atoms with Crippen molar-refractivity contribution < 1.29 is 14.1 Å². The lowest BCUT2D eigenvalue weighted by Gasteiger charge is -2.32. The van der Waals surface area contributed by atoms with Crippen molar-refractivity contribution >= 4 is 24.2 Å². The number of carbonyl (C=O) groups excluding carboxylic acids is 1. The maximum atomic E-state index is 12.6. The first-order chi connectivity index (χ1) is 11.7. The van der Waals surface area contributed by atoms with Crippen LogP contribution in [0.15, 0.2) is 54.6 Å². The van der Waals surface area contributed by atoms with E-state index in [1.165, 1.54) is 0 Å². The first kappa shape index (κ1) is 17.7. The number of amides is 1. The Morgan fingerprint density at radius 3 is 1.92 bits per heavy atom. The fourth-order valence-corrected chi connectivity index (χ4v) is 2.72. The average molecular weight is 337 g/mol. The first-order valence-corrected chi connectivity index (χ1v) is 8.50. The minimum absolute atomic E-state index is 0.0494. The third-order valence-corrected chi connectivity index (χ3v) is 5.13. The van der Waals surface area contributed by atoms with Gasteiger partial charge in [-0.15, -0.1) is 0 Å². The van der Waals surface area contributed by atoms with Gasteiger partial charge < -0.3 is 14.2 Å². The van der Waals surface area contributed by atoms with Crippen LogP contribution >= 0.6 is 0 Å². The van der Waals surface area contributed by atoms with Gasteiger partial charge in [0.15, 0.2) is 0 Å². The van der Waals surface area contributed by atoms with E-state index in [9.17, 15) is 4.79 Å². The molecule has 130 valence electrons. The third-order valence-electron chi connectivity index (χ3n) is 5.13. The van der Waals surface area contributed by atoms with Crippen LogP contribution in [0.4, 0.5) is 5.69 Å². The molecule has 5 heteroatoms. The van der Waals surface area contributed by atoms with Gasteiger partial charge in [-0.1, -0.05) is 30.3 Å². The molecule has 0 aromatic heterocycles. The second-order valence-electron chi connectivity index (χ2n) is 7.41. The van der Waals surface area contributed by atoms with E-state index in [0.29, 0.717) is 5.56 Å². The number of hydrogen-bond acceptors (Lipinski definition) is 3. The SMILES string of the molecule is CN(C(=O)c1ccc(B2OC(C)(C)C(C)(C)O2)cc1)c1ccccc1. The number of anilines is 1. The Hall–Kier alpha value is -2.11. The van der Waals surface area contributed by atoms with Gasteiger partial charge in [-0.25, -0.2) is 0 Å². The van der Waals surface area contributed by atoms with Crippen LogP contribution < -0.4 is 10.4 Å². The molecule has 1 fully saturated rings. The number of para-hydroxylation sites is 1. The van der Waals surface area contributed by atoms with Gasteiger partial charge in [-0.3, -0.25) is 4.79 Å². The molecule has 0 spiro atoms. The van der Waals surface area contributed by atoms with E-state index in [-0.39, 0.29) is 17.1 Å².